The van der Waals surface area contributed by atoms with Gasteiger partial charge in [-0.2, -0.15) is 0 Å². The second-order valence-electron chi connectivity index (χ2n) is 4.28. The van der Waals surface area contributed by atoms with Crippen molar-refractivity contribution in [2.45, 2.75) is 19.3 Å². The van der Waals surface area contributed by atoms with E-state index in [9.17, 15) is 0 Å². The molecule has 0 spiro atoms. The third-order valence-electron chi connectivity index (χ3n) is 2.92. The van der Waals surface area contributed by atoms with Gasteiger partial charge in [0.25, 0.3) is 0 Å². The van der Waals surface area contributed by atoms with Crippen LogP contribution in [0.4, 0.5) is 0 Å². The molecule has 1 aliphatic heterocycles. The average Bonchev–Trinajstić information content (AvgIpc) is 2.38. The lowest BCUT2D eigenvalue weighted by Gasteiger charge is -2.11. The summed E-state index contributed by atoms with van der Waals surface area (Å²) in [5.41, 5.74) is 1.31. The Morgan fingerprint density at radius 3 is 2.82 bits per heavy atom. The van der Waals surface area contributed by atoms with E-state index in [-0.39, 0.29) is 0 Å². The molecule has 1 aromatic carbocycles. The Morgan fingerprint density at radius 1 is 0.941 bits per heavy atom. The topological polar surface area (TPSA) is 30.5 Å². The number of hydrogen-bond donors (Lipinski definition) is 1. The van der Waals surface area contributed by atoms with Crippen molar-refractivity contribution in [3.8, 4) is 5.75 Å². The summed E-state index contributed by atoms with van der Waals surface area (Å²) >= 11 is 0. The van der Waals surface area contributed by atoms with Crippen LogP contribution in [-0.2, 0) is 11.2 Å². The van der Waals surface area contributed by atoms with Crippen LogP contribution >= 0.6 is 0 Å². The minimum atomic E-state index is 0.719. The first-order valence-corrected chi connectivity index (χ1v) is 6.46. The molecule has 2 rings (SSSR count). The van der Waals surface area contributed by atoms with Crippen LogP contribution in [0.3, 0.4) is 0 Å². The predicted molar refractivity (Wildman–Crippen MR) is 68.6 cm³/mol. The number of ether oxygens (including phenoxy) is 2. The van der Waals surface area contributed by atoms with Gasteiger partial charge < -0.3 is 14.8 Å². The highest BCUT2D eigenvalue weighted by Gasteiger charge is 2.03. The van der Waals surface area contributed by atoms with Crippen LogP contribution in [0.15, 0.2) is 24.3 Å². The fourth-order valence-corrected chi connectivity index (χ4v) is 1.98. The van der Waals surface area contributed by atoms with E-state index in [4.69, 9.17) is 9.47 Å². The fourth-order valence-electron chi connectivity index (χ4n) is 1.98. The molecule has 3 nitrogen and oxygen atoms in total. The van der Waals surface area contributed by atoms with Crippen molar-refractivity contribution in [2.75, 3.05) is 32.9 Å². The minimum Gasteiger partial charge on any atom is -0.492 e. The third kappa shape index (κ3) is 4.36. The summed E-state index contributed by atoms with van der Waals surface area (Å²) < 4.78 is 11.3. The lowest BCUT2D eigenvalue weighted by atomic mass is 10.1. The molecule has 0 saturated heterocycles. The van der Waals surface area contributed by atoms with E-state index in [1.807, 2.05) is 6.07 Å². The van der Waals surface area contributed by atoms with Gasteiger partial charge in [0.1, 0.15) is 12.4 Å². The summed E-state index contributed by atoms with van der Waals surface area (Å²) in [6.45, 7) is 4.16. The van der Waals surface area contributed by atoms with Crippen LogP contribution in [0.1, 0.15) is 18.4 Å². The molecule has 1 aromatic rings. The Balaban J connectivity index is 1.95. The van der Waals surface area contributed by atoms with Crippen LogP contribution in [0.2, 0.25) is 0 Å². The van der Waals surface area contributed by atoms with E-state index in [0.717, 1.165) is 57.9 Å². The van der Waals surface area contributed by atoms with Crippen molar-refractivity contribution in [1.29, 1.82) is 0 Å². The first kappa shape index (κ1) is 12.4. The molecule has 0 amide bonds. The molecule has 0 fully saturated rings. The van der Waals surface area contributed by atoms with E-state index in [0.29, 0.717) is 0 Å². The molecule has 0 saturated carbocycles. The maximum absolute atomic E-state index is 5.80. The number of hydrogen-bond acceptors (Lipinski definition) is 3. The van der Waals surface area contributed by atoms with E-state index in [1.165, 1.54) is 5.56 Å². The number of nitrogens with one attached hydrogen (secondary N) is 1. The summed E-state index contributed by atoms with van der Waals surface area (Å²) in [5, 5.41) is 3.30. The van der Waals surface area contributed by atoms with Gasteiger partial charge in [-0.3, -0.25) is 0 Å². The van der Waals surface area contributed by atoms with Crippen LogP contribution in [-0.4, -0.2) is 32.9 Å². The molecule has 3 heteroatoms. The fraction of sp³-hybridized carbons (Fsp3) is 0.571. The van der Waals surface area contributed by atoms with E-state index < -0.39 is 0 Å². The molecule has 1 N–H and O–H groups in total. The highest BCUT2D eigenvalue weighted by molar-refractivity contribution is 5.33. The molecular formula is C14H21NO2. The second-order valence-corrected chi connectivity index (χ2v) is 4.28. The molecule has 94 valence electrons. The zero-order valence-electron chi connectivity index (χ0n) is 10.3. The maximum Gasteiger partial charge on any atom is 0.122 e. The molecule has 0 atom stereocenters. The number of fused-ring (bicyclic) bond motifs is 1. The first-order valence-electron chi connectivity index (χ1n) is 6.46. The third-order valence-corrected chi connectivity index (χ3v) is 2.92. The molecule has 0 aliphatic carbocycles. The Bertz CT molecular complexity index is 297. The summed E-state index contributed by atoms with van der Waals surface area (Å²) in [5.74, 6) is 1.04. The summed E-state index contributed by atoms with van der Waals surface area (Å²) in [6, 6.07) is 8.33. The summed E-state index contributed by atoms with van der Waals surface area (Å²) in [6.07, 6.45) is 3.36. The Labute approximate surface area is 103 Å². The van der Waals surface area contributed by atoms with Gasteiger partial charge in [-0.15, -0.1) is 0 Å². The zero-order valence-corrected chi connectivity index (χ0v) is 10.3. The first-order chi connectivity index (χ1) is 8.47. The van der Waals surface area contributed by atoms with Gasteiger partial charge in [0.05, 0.1) is 6.61 Å². The molecule has 0 radical (unpaired) electrons. The lowest BCUT2D eigenvalue weighted by Crippen LogP contribution is -2.25. The van der Waals surface area contributed by atoms with Gasteiger partial charge in [-0.05, 0) is 30.9 Å². The number of benzene rings is 1. The van der Waals surface area contributed by atoms with Crippen molar-refractivity contribution in [3.05, 3.63) is 29.8 Å². The van der Waals surface area contributed by atoms with Gasteiger partial charge in [0.2, 0.25) is 0 Å². The van der Waals surface area contributed by atoms with E-state index in [2.05, 4.69) is 23.5 Å². The van der Waals surface area contributed by atoms with Crippen LogP contribution in [0.5, 0.6) is 5.75 Å². The standard InChI is InChI=1S/C14H21NO2/c1-2-7-14-13(5-1)6-3-4-10-16-11-8-15-9-12-17-14/h1-2,5,7,15H,3-4,6,8-12H2. The van der Waals surface area contributed by atoms with Crippen molar-refractivity contribution < 1.29 is 9.47 Å². The quantitative estimate of drug-likeness (QED) is 0.746. The molecule has 0 bridgehead atoms. The minimum absolute atomic E-state index is 0.719. The number of para-hydroxylation sites is 1. The van der Waals surface area contributed by atoms with Crippen molar-refractivity contribution >= 4 is 0 Å². The van der Waals surface area contributed by atoms with Gasteiger partial charge in [-0.1, -0.05) is 18.2 Å². The Kier molecular flexibility index (Phi) is 5.33. The Hall–Kier alpha value is -1.06. The van der Waals surface area contributed by atoms with E-state index >= 15 is 0 Å². The molecule has 1 aliphatic rings. The number of rotatable bonds is 0. The highest BCUT2D eigenvalue weighted by Crippen LogP contribution is 2.20. The van der Waals surface area contributed by atoms with Crippen molar-refractivity contribution in [1.82, 2.24) is 5.32 Å². The predicted octanol–water partition coefficient (Wildman–Crippen LogP) is 2.01. The van der Waals surface area contributed by atoms with Gasteiger partial charge >= 0.3 is 0 Å². The largest absolute Gasteiger partial charge is 0.492 e. The summed E-state index contributed by atoms with van der Waals surface area (Å²) in [4.78, 5) is 0. The zero-order chi connectivity index (χ0) is 11.8. The van der Waals surface area contributed by atoms with Gasteiger partial charge in [-0.25, -0.2) is 0 Å². The van der Waals surface area contributed by atoms with Gasteiger partial charge in [0.15, 0.2) is 0 Å². The van der Waals surface area contributed by atoms with Crippen molar-refractivity contribution in [3.63, 3.8) is 0 Å². The van der Waals surface area contributed by atoms with Crippen molar-refractivity contribution in [2.24, 2.45) is 0 Å². The highest BCUT2D eigenvalue weighted by atomic mass is 16.5. The summed E-state index contributed by atoms with van der Waals surface area (Å²) in [7, 11) is 0. The maximum atomic E-state index is 5.80. The lowest BCUT2D eigenvalue weighted by molar-refractivity contribution is 0.132. The average molecular weight is 235 g/mol. The van der Waals surface area contributed by atoms with Gasteiger partial charge in [0, 0.05) is 19.7 Å². The Morgan fingerprint density at radius 2 is 1.82 bits per heavy atom. The van der Waals surface area contributed by atoms with Crippen LogP contribution in [0, 0.1) is 0 Å². The molecule has 17 heavy (non-hydrogen) atoms. The molecule has 1 heterocycles. The molecule has 0 unspecified atom stereocenters. The second kappa shape index (κ2) is 7.30. The molecule has 0 aromatic heterocycles. The smallest absolute Gasteiger partial charge is 0.122 e. The van der Waals surface area contributed by atoms with E-state index in [1.54, 1.807) is 0 Å². The number of aryl methyl sites for hydroxylation is 1. The monoisotopic (exact) mass is 235 g/mol. The SMILES string of the molecule is c1ccc2c(c1)CCCCOCCNCCO2. The normalized spacial score (nSPS) is 19.1. The van der Waals surface area contributed by atoms with Crippen LogP contribution < -0.4 is 10.1 Å². The van der Waals surface area contributed by atoms with Crippen LogP contribution in [0.25, 0.3) is 0 Å². The molecular weight excluding hydrogens is 214 g/mol.